The second-order valence-electron chi connectivity index (χ2n) is 3.81. The molecule has 0 radical (unpaired) electrons. The lowest BCUT2D eigenvalue weighted by molar-refractivity contribution is 0.325. The van der Waals surface area contributed by atoms with Crippen molar-refractivity contribution in [3.8, 4) is 0 Å². The lowest BCUT2D eigenvalue weighted by Gasteiger charge is -2.21. The Bertz CT molecular complexity index is 61.0. The van der Waals surface area contributed by atoms with Gasteiger partial charge in [-0.2, -0.15) is 0 Å². The quantitative estimate of drug-likeness (QED) is 0.436. The Labute approximate surface area is 58.7 Å². The highest BCUT2D eigenvalue weighted by Crippen LogP contribution is 2.33. The monoisotopic (exact) mass is 125 g/mol. The van der Waals surface area contributed by atoms with Crippen molar-refractivity contribution in [1.29, 1.82) is 0 Å². The largest absolute Gasteiger partial charge is 0.0922 e. The number of hydrogen-bond donors (Lipinski definition) is 0. The zero-order valence-corrected chi connectivity index (χ0v) is 6.78. The highest BCUT2D eigenvalue weighted by molar-refractivity contribution is 4.92. The third-order valence-electron chi connectivity index (χ3n) is 2.20. The van der Waals surface area contributed by atoms with Gasteiger partial charge in [-0.1, -0.05) is 13.8 Å². The van der Waals surface area contributed by atoms with Crippen molar-refractivity contribution >= 4 is 0 Å². The van der Waals surface area contributed by atoms with Crippen LogP contribution in [0.4, 0.5) is 0 Å². The summed E-state index contributed by atoms with van der Waals surface area (Å²) in [6.07, 6.45) is 4.20. The average molecular weight is 125 g/mol. The van der Waals surface area contributed by atoms with Crippen LogP contribution in [0.1, 0.15) is 40.0 Å². The van der Waals surface area contributed by atoms with Crippen LogP contribution >= 0.6 is 0 Å². The van der Waals surface area contributed by atoms with Gasteiger partial charge in [-0.15, -0.1) is 0 Å². The van der Waals surface area contributed by atoms with Gasteiger partial charge < -0.3 is 0 Å². The van der Waals surface area contributed by atoms with Crippen LogP contribution < -0.4 is 0 Å². The molecule has 0 aromatic heterocycles. The van der Waals surface area contributed by atoms with Gasteiger partial charge in [0.1, 0.15) is 0 Å². The molecule has 0 aliphatic heterocycles. The van der Waals surface area contributed by atoms with Crippen molar-refractivity contribution in [2.45, 2.75) is 40.0 Å². The molecule has 2 atom stereocenters. The molecule has 0 spiro atoms. The molecule has 1 rings (SSSR count). The van der Waals surface area contributed by atoms with E-state index in [0.717, 1.165) is 11.8 Å². The Hall–Kier alpha value is -0.130. The van der Waals surface area contributed by atoms with E-state index in [1.54, 1.807) is 5.92 Å². The molecular formula is C9H17+. The van der Waals surface area contributed by atoms with Gasteiger partial charge in [0.25, 0.3) is 0 Å². The van der Waals surface area contributed by atoms with E-state index < -0.39 is 0 Å². The van der Waals surface area contributed by atoms with E-state index in [4.69, 9.17) is 0 Å². The summed E-state index contributed by atoms with van der Waals surface area (Å²) < 4.78 is 0. The predicted molar refractivity (Wildman–Crippen MR) is 41.1 cm³/mol. The van der Waals surface area contributed by atoms with E-state index in [9.17, 15) is 0 Å². The van der Waals surface area contributed by atoms with Gasteiger partial charge in [0.15, 0.2) is 0 Å². The molecule has 0 aromatic rings. The van der Waals surface area contributed by atoms with Crippen molar-refractivity contribution < 1.29 is 0 Å². The average Bonchev–Trinajstić information content (AvgIpc) is 1.59. The van der Waals surface area contributed by atoms with Gasteiger partial charge >= 0.3 is 0 Å². The first-order valence-corrected chi connectivity index (χ1v) is 3.99. The normalized spacial score (nSPS) is 37.0. The molecule has 0 unspecified atom stereocenters. The van der Waals surface area contributed by atoms with Crippen molar-refractivity contribution in [2.75, 3.05) is 0 Å². The Kier molecular flexibility index (Phi) is 2.05. The van der Waals surface area contributed by atoms with Crippen molar-refractivity contribution in [3.05, 3.63) is 5.92 Å². The van der Waals surface area contributed by atoms with Gasteiger partial charge in [0, 0.05) is 0 Å². The second-order valence-corrected chi connectivity index (χ2v) is 3.81. The molecule has 0 bridgehead atoms. The molecule has 0 nitrogen and oxygen atoms in total. The first kappa shape index (κ1) is 6.98. The van der Waals surface area contributed by atoms with E-state index in [-0.39, 0.29) is 0 Å². The summed E-state index contributed by atoms with van der Waals surface area (Å²) in [6.45, 7) is 7.02. The Morgan fingerprint density at radius 2 is 1.56 bits per heavy atom. The van der Waals surface area contributed by atoms with Gasteiger partial charge in [-0.05, 0) is 18.3 Å². The van der Waals surface area contributed by atoms with E-state index in [1.807, 2.05) is 0 Å². The molecule has 52 valence electrons. The zero-order chi connectivity index (χ0) is 6.85. The molecule has 1 saturated carbocycles. The molecule has 0 N–H and O–H groups in total. The molecule has 1 fully saturated rings. The molecule has 0 saturated heterocycles. The first-order chi connectivity index (χ1) is 4.18. The second kappa shape index (κ2) is 2.64. The minimum atomic E-state index is 0.953. The smallest absolute Gasteiger partial charge is 0.0584 e. The Balaban J connectivity index is 2.34. The molecule has 0 aromatic carbocycles. The summed E-state index contributed by atoms with van der Waals surface area (Å²) in [4.78, 5) is 0. The van der Waals surface area contributed by atoms with Gasteiger partial charge in [0.05, 0.1) is 25.7 Å². The van der Waals surface area contributed by atoms with Crippen LogP contribution in [0, 0.1) is 17.8 Å². The van der Waals surface area contributed by atoms with Crippen LogP contribution in [0.25, 0.3) is 0 Å². The maximum atomic E-state index is 2.36. The zero-order valence-electron chi connectivity index (χ0n) is 6.78. The molecular weight excluding hydrogens is 108 g/mol. The SMILES string of the molecule is C[C+]1C[C@@H](C)C[C@@H](C)C1. The van der Waals surface area contributed by atoms with Crippen LogP contribution in [0.2, 0.25) is 0 Å². The van der Waals surface area contributed by atoms with Crippen LogP contribution in [0.5, 0.6) is 0 Å². The molecule has 0 heteroatoms. The van der Waals surface area contributed by atoms with Crippen molar-refractivity contribution in [2.24, 2.45) is 11.8 Å². The fraction of sp³-hybridized carbons (Fsp3) is 0.889. The lowest BCUT2D eigenvalue weighted by atomic mass is 9.78. The molecule has 1 aliphatic carbocycles. The lowest BCUT2D eigenvalue weighted by Crippen LogP contribution is -2.15. The molecule has 0 amide bonds. The third-order valence-corrected chi connectivity index (χ3v) is 2.20. The van der Waals surface area contributed by atoms with E-state index >= 15 is 0 Å². The molecule has 0 heterocycles. The third kappa shape index (κ3) is 1.92. The minimum Gasteiger partial charge on any atom is -0.0584 e. The van der Waals surface area contributed by atoms with Crippen LogP contribution in [-0.2, 0) is 0 Å². The maximum Gasteiger partial charge on any atom is 0.0922 e. The summed E-state index contributed by atoms with van der Waals surface area (Å²) in [5.41, 5.74) is 0. The minimum absolute atomic E-state index is 0.953. The number of hydrogen-bond acceptors (Lipinski definition) is 0. The van der Waals surface area contributed by atoms with Gasteiger partial charge in [-0.25, -0.2) is 0 Å². The predicted octanol–water partition coefficient (Wildman–Crippen LogP) is 3.04. The van der Waals surface area contributed by atoms with Crippen LogP contribution in [-0.4, -0.2) is 0 Å². The first-order valence-electron chi connectivity index (χ1n) is 3.99. The topological polar surface area (TPSA) is 0 Å². The fourth-order valence-electron chi connectivity index (χ4n) is 2.13. The van der Waals surface area contributed by atoms with E-state index in [0.29, 0.717) is 0 Å². The summed E-state index contributed by atoms with van der Waals surface area (Å²) in [5, 5.41) is 0. The molecule has 9 heavy (non-hydrogen) atoms. The molecule has 1 aliphatic rings. The van der Waals surface area contributed by atoms with E-state index in [2.05, 4.69) is 20.8 Å². The van der Waals surface area contributed by atoms with E-state index in [1.165, 1.54) is 19.3 Å². The highest BCUT2D eigenvalue weighted by atomic mass is 14.3. The Morgan fingerprint density at radius 3 is 1.89 bits per heavy atom. The van der Waals surface area contributed by atoms with Crippen LogP contribution in [0.15, 0.2) is 0 Å². The van der Waals surface area contributed by atoms with Gasteiger partial charge in [0.2, 0.25) is 0 Å². The van der Waals surface area contributed by atoms with Gasteiger partial charge in [-0.3, -0.25) is 0 Å². The van der Waals surface area contributed by atoms with Crippen LogP contribution in [0.3, 0.4) is 0 Å². The maximum absolute atomic E-state index is 2.36. The number of rotatable bonds is 0. The highest BCUT2D eigenvalue weighted by Gasteiger charge is 2.28. The van der Waals surface area contributed by atoms with Crippen molar-refractivity contribution in [3.63, 3.8) is 0 Å². The van der Waals surface area contributed by atoms with Crippen molar-refractivity contribution in [1.82, 2.24) is 0 Å². The Morgan fingerprint density at radius 1 is 1.11 bits per heavy atom. The summed E-state index contributed by atoms with van der Waals surface area (Å²) >= 11 is 0. The summed E-state index contributed by atoms with van der Waals surface area (Å²) in [6, 6.07) is 0. The summed E-state index contributed by atoms with van der Waals surface area (Å²) in [5.74, 6) is 3.61. The standard InChI is InChI=1S/C9H17/c1-7-4-8(2)6-9(3)5-7/h7-8H,4-6H2,1-3H3/q+1/t7-,8+. The summed E-state index contributed by atoms with van der Waals surface area (Å²) in [7, 11) is 0. The fourth-order valence-corrected chi connectivity index (χ4v) is 2.13.